The predicted molar refractivity (Wildman–Crippen MR) is 77.8 cm³/mol. The molecular weight excluding hydrogens is 280 g/mol. The molecule has 0 bridgehead atoms. The van der Waals surface area contributed by atoms with Crippen molar-refractivity contribution in [1.82, 2.24) is 0 Å². The van der Waals surface area contributed by atoms with E-state index in [-0.39, 0.29) is 5.92 Å². The maximum Gasteiger partial charge on any atom is 0.129 e. The summed E-state index contributed by atoms with van der Waals surface area (Å²) < 4.78 is 26.5. The van der Waals surface area contributed by atoms with Crippen LogP contribution in [0.15, 0.2) is 42.5 Å². The van der Waals surface area contributed by atoms with Gasteiger partial charge >= 0.3 is 0 Å². The fourth-order valence-corrected chi connectivity index (χ4v) is 2.45. The zero-order chi connectivity index (χ0) is 14.5. The molecule has 1 atom stereocenters. The Hall–Kier alpha value is -1.45. The molecule has 0 saturated carbocycles. The smallest absolute Gasteiger partial charge is 0.129 e. The van der Waals surface area contributed by atoms with E-state index in [9.17, 15) is 8.78 Å². The summed E-state index contributed by atoms with van der Waals surface area (Å²) in [4.78, 5) is 0. The summed E-state index contributed by atoms with van der Waals surface area (Å²) >= 11 is 5.94. The van der Waals surface area contributed by atoms with Crippen molar-refractivity contribution in [2.45, 2.75) is 12.8 Å². The van der Waals surface area contributed by atoms with Crippen molar-refractivity contribution in [1.29, 1.82) is 0 Å². The molecule has 2 aromatic rings. The van der Waals surface area contributed by atoms with Crippen LogP contribution in [0, 0.1) is 17.6 Å². The van der Waals surface area contributed by atoms with Crippen molar-refractivity contribution in [2.75, 3.05) is 6.54 Å². The molecular formula is C16H16ClF2N. The van der Waals surface area contributed by atoms with Gasteiger partial charge in [-0.05, 0) is 54.6 Å². The lowest BCUT2D eigenvalue weighted by molar-refractivity contribution is 0.506. The van der Waals surface area contributed by atoms with Gasteiger partial charge in [-0.2, -0.15) is 0 Å². The van der Waals surface area contributed by atoms with Crippen molar-refractivity contribution >= 4 is 11.6 Å². The van der Waals surface area contributed by atoms with Crippen LogP contribution in [-0.2, 0) is 12.8 Å². The van der Waals surface area contributed by atoms with Crippen LogP contribution in [0.5, 0.6) is 0 Å². The second kappa shape index (κ2) is 6.82. The molecule has 106 valence electrons. The molecule has 0 saturated heterocycles. The largest absolute Gasteiger partial charge is 0.330 e. The first-order valence-electron chi connectivity index (χ1n) is 6.47. The first-order chi connectivity index (χ1) is 9.58. The Morgan fingerprint density at radius 2 is 1.85 bits per heavy atom. The minimum Gasteiger partial charge on any atom is -0.330 e. The Morgan fingerprint density at radius 3 is 2.50 bits per heavy atom. The van der Waals surface area contributed by atoms with Gasteiger partial charge in [0, 0.05) is 11.1 Å². The molecule has 0 fully saturated rings. The quantitative estimate of drug-likeness (QED) is 0.887. The summed E-state index contributed by atoms with van der Waals surface area (Å²) in [5.74, 6) is -0.992. The van der Waals surface area contributed by atoms with E-state index >= 15 is 0 Å². The molecule has 2 aromatic carbocycles. The summed E-state index contributed by atoms with van der Waals surface area (Å²) in [5, 5.41) is 0.672. The third-order valence-corrected chi connectivity index (χ3v) is 3.51. The van der Waals surface area contributed by atoms with Gasteiger partial charge in [0.2, 0.25) is 0 Å². The van der Waals surface area contributed by atoms with Gasteiger partial charge in [-0.15, -0.1) is 0 Å². The van der Waals surface area contributed by atoms with Crippen molar-refractivity contribution in [3.8, 4) is 0 Å². The molecule has 20 heavy (non-hydrogen) atoms. The lowest BCUT2D eigenvalue weighted by Crippen LogP contribution is -2.20. The highest BCUT2D eigenvalue weighted by Gasteiger charge is 2.13. The Morgan fingerprint density at radius 1 is 1.05 bits per heavy atom. The van der Waals surface area contributed by atoms with E-state index in [0.29, 0.717) is 30.0 Å². The number of hydrogen-bond acceptors (Lipinski definition) is 1. The number of nitrogens with two attached hydrogens (primary N) is 1. The second-order valence-corrected chi connectivity index (χ2v) is 5.31. The van der Waals surface area contributed by atoms with Crippen LogP contribution in [0.3, 0.4) is 0 Å². The zero-order valence-electron chi connectivity index (χ0n) is 11.0. The van der Waals surface area contributed by atoms with Crippen molar-refractivity contribution in [3.05, 3.63) is 70.2 Å². The number of hydrogen-bond donors (Lipinski definition) is 1. The molecule has 0 amide bonds. The Bertz CT molecular complexity index is 586. The maximum atomic E-state index is 13.6. The van der Waals surface area contributed by atoms with E-state index in [1.54, 1.807) is 0 Å². The fourth-order valence-electron chi connectivity index (χ4n) is 2.23. The van der Waals surface area contributed by atoms with Crippen molar-refractivity contribution in [3.63, 3.8) is 0 Å². The van der Waals surface area contributed by atoms with Crippen molar-refractivity contribution < 1.29 is 8.78 Å². The van der Waals surface area contributed by atoms with E-state index in [1.165, 1.54) is 12.1 Å². The molecule has 0 spiro atoms. The number of benzene rings is 2. The molecule has 2 rings (SSSR count). The monoisotopic (exact) mass is 295 g/mol. The van der Waals surface area contributed by atoms with Crippen LogP contribution in [0.4, 0.5) is 8.78 Å². The fraction of sp³-hybridized carbons (Fsp3) is 0.250. The second-order valence-electron chi connectivity index (χ2n) is 4.88. The minimum atomic E-state index is -0.564. The average Bonchev–Trinajstić information content (AvgIpc) is 2.41. The van der Waals surface area contributed by atoms with Gasteiger partial charge in [0.25, 0.3) is 0 Å². The van der Waals surface area contributed by atoms with Gasteiger partial charge < -0.3 is 5.73 Å². The van der Waals surface area contributed by atoms with Crippen LogP contribution >= 0.6 is 11.6 Å². The maximum absolute atomic E-state index is 13.6. The summed E-state index contributed by atoms with van der Waals surface area (Å²) in [6.07, 6.45) is 1.20. The molecule has 2 N–H and O–H groups in total. The van der Waals surface area contributed by atoms with Crippen LogP contribution in [0.1, 0.15) is 11.1 Å². The molecule has 0 aliphatic heterocycles. The van der Waals surface area contributed by atoms with Gasteiger partial charge in [0.15, 0.2) is 0 Å². The minimum absolute atomic E-state index is 0.0911. The average molecular weight is 296 g/mol. The first-order valence-corrected chi connectivity index (χ1v) is 6.84. The number of halogens is 3. The molecule has 4 heteroatoms. The van der Waals surface area contributed by atoms with E-state index in [0.717, 1.165) is 11.6 Å². The summed E-state index contributed by atoms with van der Waals surface area (Å²) in [5.41, 5.74) is 7.31. The van der Waals surface area contributed by atoms with Crippen molar-refractivity contribution in [2.24, 2.45) is 11.7 Å². The lowest BCUT2D eigenvalue weighted by atomic mass is 9.92. The third kappa shape index (κ3) is 4.02. The van der Waals surface area contributed by atoms with Gasteiger partial charge in [-0.3, -0.25) is 0 Å². The highest BCUT2D eigenvalue weighted by atomic mass is 35.5. The van der Waals surface area contributed by atoms with Gasteiger partial charge in [0.1, 0.15) is 11.6 Å². The molecule has 1 nitrogen and oxygen atoms in total. The third-order valence-electron chi connectivity index (χ3n) is 3.27. The lowest BCUT2D eigenvalue weighted by Gasteiger charge is -2.15. The Kier molecular flexibility index (Phi) is 5.10. The summed E-state index contributed by atoms with van der Waals surface area (Å²) in [6, 6.07) is 11.2. The Balaban J connectivity index is 2.09. The van der Waals surface area contributed by atoms with Crippen LogP contribution in [-0.4, -0.2) is 6.54 Å². The van der Waals surface area contributed by atoms with Crippen LogP contribution in [0.25, 0.3) is 0 Å². The van der Waals surface area contributed by atoms with Gasteiger partial charge in [-0.25, -0.2) is 8.78 Å². The molecule has 0 aromatic heterocycles. The van der Waals surface area contributed by atoms with Gasteiger partial charge in [0.05, 0.1) is 0 Å². The topological polar surface area (TPSA) is 26.0 Å². The molecule has 0 radical (unpaired) electrons. The highest BCUT2D eigenvalue weighted by Crippen LogP contribution is 2.19. The van der Waals surface area contributed by atoms with Gasteiger partial charge in [-0.1, -0.05) is 29.8 Å². The van der Waals surface area contributed by atoms with E-state index in [4.69, 9.17) is 17.3 Å². The SMILES string of the molecule is NCC(Cc1cccc(Cl)c1)Cc1ccc(F)cc1F. The first kappa shape index (κ1) is 14.9. The zero-order valence-corrected chi connectivity index (χ0v) is 11.7. The molecule has 1 unspecified atom stereocenters. The molecule has 0 aliphatic rings. The summed E-state index contributed by atoms with van der Waals surface area (Å²) in [7, 11) is 0. The van der Waals surface area contributed by atoms with Crippen LogP contribution < -0.4 is 5.73 Å². The van der Waals surface area contributed by atoms with E-state index in [2.05, 4.69) is 0 Å². The van der Waals surface area contributed by atoms with E-state index in [1.807, 2.05) is 24.3 Å². The van der Waals surface area contributed by atoms with E-state index < -0.39 is 11.6 Å². The Labute approximate surface area is 122 Å². The number of rotatable bonds is 5. The normalized spacial score (nSPS) is 12.4. The predicted octanol–water partition coefficient (Wildman–Crippen LogP) is 3.98. The standard InChI is InChI=1S/C16H16ClF2N/c17-14-3-1-2-11(8-14)6-12(10-20)7-13-4-5-15(18)9-16(13)19/h1-5,8-9,12H,6-7,10,20H2. The summed E-state index contributed by atoms with van der Waals surface area (Å²) in [6.45, 7) is 0.434. The molecule has 0 heterocycles. The van der Waals surface area contributed by atoms with Crippen LogP contribution in [0.2, 0.25) is 5.02 Å². The molecule has 0 aliphatic carbocycles. The highest BCUT2D eigenvalue weighted by molar-refractivity contribution is 6.30.